The maximum absolute atomic E-state index is 12.2. The monoisotopic (exact) mass is 244 g/mol. The topological polar surface area (TPSA) is 75.0 Å². The highest BCUT2D eigenvalue weighted by Gasteiger charge is 2.12. The maximum Gasteiger partial charge on any atom is 0.253 e. The van der Waals surface area contributed by atoms with Crippen LogP contribution < -0.4 is 5.73 Å². The van der Waals surface area contributed by atoms with Crippen molar-refractivity contribution in [2.24, 2.45) is 5.73 Å². The summed E-state index contributed by atoms with van der Waals surface area (Å²) in [6, 6.07) is 7.38. The van der Waals surface area contributed by atoms with Gasteiger partial charge < -0.3 is 10.6 Å². The second-order valence-corrected chi connectivity index (χ2v) is 4.17. The van der Waals surface area contributed by atoms with Gasteiger partial charge in [0.05, 0.1) is 6.20 Å². The van der Waals surface area contributed by atoms with Crippen molar-refractivity contribution >= 4 is 5.91 Å². The lowest BCUT2D eigenvalue weighted by molar-refractivity contribution is 0.0785. The fraction of sp³-hybridized carbons (Fsp3) is 0.231. The average molecular weight is 244 g/mol. The predicted octanol–water partition coefficient (Wildman–Crippen LogP) is 1.14. The van der Waals surface area contributed by atoms with Crippen molar-refractivity contribution < 1.29 is 4.79 Å². The number of nitrogens with one attached hydrogen (secondary N) is 1. The molecule has 1 aromatic heterocycles. The molecule has 0 fully saturated rings. The Morgan fingerprint density at radius 2 is 2.28 bits per heavy atom. The molecule has 0 spiro atoms. The molecule has 0 atom stereocenters. The van der Waals surface area contributed by atoms with E-state index < -0.39 is 0 Å². The summed E-state index contributed by atoms with van der Waals surface area (Å²) in [6.07, 6.45) is 3.49. The molecule has 0 saturated carbocycles. The molecule has 0 unspecified atom stereocenters. The first-order chi connectivity index (χ1) is 8.70. The fourth-order valence-electron chi connectivity index (χ4n) is 1.76. The summed E-state index contributed by atoms with van der Waals surface area (Å²) in [6.45, 7) is 0.967. The normalized spacial score (nSPS) is 10.3. The van der Waals surface area contributed by atoms with Crippen LogP contribution in [0.2, 0.25) is 0 Å². The van der Waals surface area contributed by atoms with Crippen molar-refractivity contribution in [3.8, 4) is 0 Å². The third kappa shape index (κ3) is 2.75. The molecule has 5 nitrogen and oxygen atoms in total. The Morgan fingerprint density at radius 3 is 2.94 bits per heavy atom. The Labute approximate surface area is 106 Å². The highest BCUT2D eigenvalue weighted by Crippen LogP contribution is 2.09. The van der Waals surface area contributed by atoms with Gasteiger partial charge in [-0.25, -0.2) is 0 Å². The number of hydrogen-bond acceptors (Lipinski definition) is 3. The molecule has 18 heavy (non-hydrogen) atoms. The Kier molecular flexibility index (Phi) is 3.74. The lowest BCUT2D eigenvalue weighted by Crippen LogP contribution is -2.26. The van der Waals surface area contributed by atoms with Gasteiger partial charge in [0.25, 0.3) is 5.91 Å². The highest BCUT2D eigenvalue weighted by atomic mass is 16.2. The lowest BCUT2D eigenvalue weighted by Gasteiger charge is -2.16. The summed E-state index contributed by atoms with van der Waals surface area (Å²) >= 11 is 0. The largest absolute Gasteiger partial charge is 0.337 e. The summed E-state index contributed by atoms with van der Waals surface area (Å²) in [5.74, 6) is -0.0218. The second-order valence-electron chi connectivity index (χ2n) is 4.17. The van der Waals surface area contributed by atoms with E-state index in [0.29, 0.717) is 18.7 Å². The molecule has 3 N–H and O–H groups in total. The highest BCUT2D eigenvalue weighted by molar-refractivity contribution is 5.94. The third-order valence-electron chi connectivity index (χ3n) is 2.73. The Bertz CT molecular complexity index is 522. The maximum atomic E-state index is 12.2. The number of rotatable bonds is 4. The molecule has 94 valence electrons. The van der Waals surface area contributed by atoms with Crippen LogP contribution in [0.25, 0.3) is 0 Å². The number of H-pyrrole nitrogens is 1. The zero-order chi connectivity index (χ0) is 13.0. The van der Waals surface area contributed by atoms with Crippen LogP contribution in [-0.2, 0) is 13.1 Å². The van der Waals surface area contributed by atoms with Gasteiger partial charge in [-0.2, -0.15) is 5.10 Å². The molecule has 1 aromatic carbocycles. The number of aromatic nitrogens is 2. The Balaban J connectivity index is 2.10. The molecule has 1 heterocycles. The molecule has 0 radical (unpaired) electrons. The minimum absolute atomic E-state index is 0.0218. The summed E-state index contributed by atoms with van der Waals surface area (Å²) in [5, 5.41) is 6.58. The van der Waals surface area contributed by atoms with E-state index >= 15 is 0 Å². The SMILES string of the molecule is CN(Cc1cn[nH]c1)C(=O)c1cccc(CN)c1. The van der Waals surface area contributed by atoms with E-state index in [0.717, 1.165) is 11.1 Å². The second kappa shape index (κ2) is 5.46. The van der Waals surface area contributed by atoms with Crippen LogP contribution in [0, 0.1) is 0 Å². The Hall–Kier alpha value is -2.14. The minimum atomic E-state index is -0.0218. The van der Waals surface area contributed by atoms with Gasteiger partial charge in [-0.3, -0.25) is 9.89 Å². The van der Waals surface area contributed by atoms with Crippen LogP contribution in [0.3, 0.4) is 0 Å². The molecule has 0 saturated heterocycles. The molecule has 5 heteroatoms. The van der Waals surface area contributed by atoms with Crippen LogP contribution in [0.4, 0.5) is 0 Å². The van der Waals surface area contributed by atoms with Crippen LogP contribution in [0.5, 0.6) is 0 Å². The molecule has 2 rings (SSSR count). The summed E-state index contributed by atoms with van der Waals surface area (Å²) in [4.78, 5) is 13.8. The average Bonchev–Trinajstić information content (AvgIpc) is 2.90. The quantitative estimate of drug-likeness (QED) is 0.847. The smallest absolute Gasteiger partial charge is 0.253 e. The van der Waals surface area contributed by atoms with Crippen molar-refractivity contribution in [2.45, 2.75) is 13.1 Å². The molecule has 0 aliphatic rings. The minimum Gasteiger partial charge on any atom is -0.337 e. The molecule has 1 amide bonds. The van der Waals surface area contributed by atoms with Crippen molar-refractivity contribution in [1.29, 1.82) is 0 Å². The van der Waals surface area contributed by atoms with E-state index in [1.807, 2.05) is 18.2 Å². The fourth-order valence-corrected chi connectivity index (χ4v) is 1.76. The van der Waals surface area contributed by atoms with Gasteiger partial charge in [-0.05, 0) is 17.7 Å². The first-order valence-electron chi connectivity index (χ1n) is 5.73. The van der Waals surface area contributed by atoms with E-state index in [2.05, 4.69) is 10.2 Å². The van der Waals surface area contributed by atoms with Crippen molar-refractivity contribution in [1.82, 2.24) is 15.1 Å². The number of nitrogens with two attached hydrogens (primary N) is 1. The van der Waals surface area contributed by atoms with Crippen LogP contribution >= 0.6 is 0 Å². The zero-order valence-corrected chi connectivity index (χ0v) is 10.3. The van der Waals surface area contributed by atoms with Crippen molar-refractivity contribution in [3.63, 3.8) is 0 Å². The van der Waals surface area contributed by atoms with Crippen LogP contribution in [0.15, 0.2) is 36.7 Å². The van der Waals surface area contributed by atoms with Crippen LogP contribution in [-0.4, -0.2) is 28.1 Å². The summed E-state index contributed by atoms with van der Waals surface area (Å²) in [5.41, 5.74) is 8.15. The molecule has 0 aliphatic heterocycles. The van der Waals surface area contributed by atoms with E-state index in [9.17, 15) is 4.79 Å². The first kappa shape index (κ1) is 12.3. The van der Waals surface area contributed by atoms with Gasteiger partial charge in [0.1, 0.15) is 0 Å². The summed E-state index contributed by atoms with van der Waals surface area (Å²) in [7, 11) is 1.77. The Morgan fingerprint density at radius 1 is 1.44 bits per heavy atom. The third-order valence-corrected chi connectivity index (χ3v) is 2.73. The van der Waals surface area contributed by atoms with Crippen molar-refractivity contribution in [3.05, 3.63) is 53.3 Å². The van der Waals surface area contributed by atoms with E-state index in [4.69, 9.17) is 5.73 Å². The standard InChI is InChI=1S/C13H16N4O/c1-17(9-11-7-15-16-8-11)13(18)12-4-2-3-10(5-12)6-14/h2-5,7-8H,6,9,14H2,1H3,(H,15,16). The van der Waals surface area contributed by atoms with Crippen molar-refractivity contribution in [2.75, 3.05) is 7.05 Å². The van der Waals surface area contributed by atoms with Gasteiger partial charge >= 0.3 is 0 Å². The van der Waals surface area contributed by atoms with Crippen LogP contribution in [0.1, 0.15) is 21.5 Å². The first-order valence-corrected chi connectivity index (χ1v) is 5.73. The van der Waals surface area contributed by atoms with E-state index in [1.54, 1.807) is 30.4 Å². The number of amides is 1. The number of hydrogen-bond donors (Lipinski definition) is 2. The molecule has 2 aromatic rings. The van der Waals surface area contributed by atoms with Gasteiger partial charge in [0.2, 0.25) is 0 Å². The molecule has 0 bridgehead atoms. The molecule has 0 aliphatic carbocycles. The van der Waals surface area contributed by atoms with E-state index in [-0.39, 0.29) is 5.91 Å². The van der Waals surface area contributed by atoms with Gasteiger partial charge in [0, 0.05) is 37.5 Å². The number of nitrogens with zero attached hydrogens (tertiary/aromatic N) is 2. The van der Waals surface area contributed by atoms with Gasteiger partial charge in [0.15, 0.2) is 0 Å². The molecular weight excluding hydrogens is 228 g/mol. The zero-order valence-electron chi connectivity index (χ0n) is 10.3. The lowest BCUT2D eigenvalue weighted by atomic mass is 10.1. The predicted molar refractivity (Wildman–Crippen MR) is 68.7 cm³/mol. The van der Waals surface area contributed by atoms with Gasteiger partial charge in [-0.15, -0.1) is 0 Å². The number of aromatic amines is 1. The summed E-state index contributed by atoms with van der Waals surface area (Å²) < 4.78 is 0. The number of benzene rings is 1. The number of carbonyl (C=O) groups is 1. The number of carbonyl (C=O) groups excluding carboxylic acids is 1. The van der Waals surface area contributed by atoms with Gasteiger partial charge in [-0.1, -0.05) is 12.1 Å². The molecular formula is C13H16N4O. The van der Waals surface area contributed by atoms with E-state index in [1.165, 1.54) is 0 Å².